The minimum Gasteiger partial charge on any atom is -0.467 e. The fourth-order valence-corrected chi connectivity index (χ4v) is 0.672. The van der Waals surface area contributed by atoms with Gasteiger partial charge in [0.2, 0.25) is 5.67 Å². The molecule has 0 spiro atoms. The number of rotatable bonds is 1. The van der Waals surface area contributed by atoms with E-state index in [4.69, 9.17) is 0 Å². The van der Waals surface area contributed by atoms with Crippen molar-refractivity contribution in [2.75, 3.05) is 20.2 Å². The van der Waals surface area contributed by atoms with Gasteiger partial charge in [0.1, 0.15) is 0 Å². The van der Waals surface area contributed by atoms with Gasteiger partial charge in [-0.15, -0.1) is 0 Å². The Kier molecular flexibility index (Phi) is 1.40. The topological polar surface area (TPSA) is 38.3 Å². The maximum absolute atomic E-state index is 12.8. The first-order valence-corrected chi connectivity index (χ1v) is 2.67. The monoisotopic (exact) mass is 133 g/mol. The van der Waals surface area contributed by atoms with E-state index in [1.807, 2.05) is 0 Å². The highest BCUT2D eigenvalue weighted by molar-refractivity contribution is 5.81. The molecule has 0 aliphatic carbocycles. The van der Waals surface area contributed by atoms with Crippen molar-refractivity contribution in [3.05, 3.63) is 0 Å². The molecule has 0 saturated carbocycles. The molecule has 0 unspecified atom stereocenters. The van der Waals surface area contributed by atoms with Crippen molar-refractivity contribution in [3.8, 4) is 0 Å². The molecule has 0 aromatic rings. The summed E-state index contributed by atoms with van der Waals surface area (Å²) in [5.41, 5.74) is -1.74. The van der Waals surface area contributed by atoms with Crippen LogP contribution in [0.4, 0.5) is 4.39 Å². The van der Waals surface area contributed by atoms with E-state index in [1.165, 1.54) is 7.11 Å². The normalized spacial score (nSPS) is 22.4. The first-order chi connectivity index (χ1) is 4.19. The predicted molar refractivity (Wildman–Crippen MR) is 28.7 cm³/mol. The Balaban J connectivity index is 2.49. The summed E-state index contributed by atoms with van der Waals surface area (Å²) in [6.07, 6.45) is 0. The van der Waals surface area contributed by atoms with Crippen LogP contribution in [0.3, 0.4) is 0 Å². The van der Waals surface area contributed by atoms with Crippen LogP contribution < -0.4 is 5.32 Å². The number of carbonyl (C=O) groups is 1. The first kappa shape index (κ1) is 6.48. The molecule has 1 N–H and O–H groups in total. The molecule has 1 aliphatic heterocycles. The number of nitrogens with one attached hydrogen (secondary N) is 1. The summed E-state index contributed by atoms with van der Waals surface area (Å²) in [6, 6.07) is 0. The van der Waals surface area contributed by atoms with Crippen molar-refractivity contribution in [1.82, 2.24) is 5.32 Å². The van der Waals surface area contributed by atoms with Gasteiger partial charge in [-0.25, -0.2) is 9.18 Å². The summed E-state index contributed by atoms with van der Waals surface area (Å²) < 4.78 is 17.0. The molecule has 52 valence electrons. The molecule has 0 radical (unpaired) electrons. The molecule has 9 heavy (non-hydrogen) atoms. The molecule has 0 bridgehead atoms. The third-order valence-electron chi connectivity index (χ3n) is 1.36. The maximum Gasteiger partial charge on any atom is 0.346 e. The van der Waals surface area contributed by atoms with Crippen LogP contribution in [0, 0.1) is 0 Å². The zero-order valence-corrected chi connectivity index (χ0v) is 5.11. The van der Waals surface area contributed by atoms with Crippen LogP contribution in [0.1, 0.15) is 0 Å². The Bertz CT molecular complexity index is 133. The van der Waals surface area contributed by atoms with Crippen molar-refractivity contribution >= 4 is 5.97 Å². The molecule has 1 heterocycles. The van der Waals surface area contributed by atoms with Gasteiger partial charge in [0.05, 0.1) is 7.11 Å². The van der Waals surface area contributed by atoms with Crippen LogP contribution in [0.25, 0.3) is 0 Å². The van der Waals surface area contributed by atoms with Crippen LogP contribution in [0.2, 0.25) is 0 Å². The summed E-state index contributed by atoms with van der Waals surface area (Å²) in [4.78, 5) is 10.5. The zero-order valence-electron chi connectivity index (χ0n) is 5.11. The minimum absolute atomic E-state index is 0.0830. The van der Waals surface area contributed by atoms with Gasteiger partial charge < -0.3 is 10.1 Å². The lowest BCUT2D eigenvalue weighted by Gasteiger charge is -2.31. The van der Waals surface area contributed by atoms with Crippen LogP contribution in [-0.4, -0.2) is 31.8 Å². The van der Waals surface area contributed by atoms with Gasteiger partial charge in [-0.3, -0.25) is 0 Å². The van der Waals surface area contributed by atoms with Gasteiger partial charge in [0, 0.05) is 13.1 Å². The average molecular weight is 133 g/mol. The molecule has 3 nitrogen and oxygen atoms in total. The average Bonchev–Trinajstić information content (AvgIpc) is 1.81. The fraction of sp³-hybridized carbons (Fsp3) is 0.800. The van der Waals surface area contributed by atoms with E-state index >= 15 is 0 Å². The van der Waals surface area contributed by atoms with E-state index in [0.29, 0.717) is 0 Å². The summed E-state index contributed by atoms with van der Waals surface area (Å²) in [7, 11) is 1.18. The van der Waals surface area contributed by atoms with Crippen molar-refractivity contribution < 1.29 is 13.9 Å². The van der Waals surface area contributed by atoms with Crippen LogP contribution in [0.5, 0.6) is 0 Å². The van der Waals surface area contributed by atoms with E-state index < -0.39 is 11.6 Å². The molecule has 1 saturated heterocycles. The predicted octanol–water partition coefficient (Wildman–Crippen LogP) is -0.529. The molecular weight excluding hydrogens is 125 g/mol. The molecule has 4 heteroatoms. The molecule has 0 amide bonds. The highest BCUT2D eigenvalue weighted by atomic mass is 19.1. The summed E-state index contributed by atoms with van der Waals surface area (Å²) in [6.45, 7) is 0.166. The second kappa shape index (κ2) is 1.95. The SMILES string of the molecule is COC(=O)C1(F)CNC1. The number of esters is 1. The summed E-state index contributed by atoms with van der Waals surface area (Å²) in [5, 5.41) is 2.64. The zero-order chi connectivity index (χ0) is 6.91. The van der Waals surface area contributed by atoms with E-state index in [1.54, 1.807) is 0 Å². The highest BCUT2D eigenvalue weighted by Gasteiger charge is 2.45. The van der Waals surface area contributed by atoms with Crippen LogP contribution in [-0.2, 0) is 9.53 Å². The van der Waals surface area contributed by atoms with Crippen molar-refractivity contribution in [3.63, 3.8) is 0 Å². The van der Waals surface area contributed by atoms with Gasteiger partial charge in [0.15, 0.2) is 0 Å². The lowest BCUT2D eigenvalue weighted by Crippen LogP contribution is -2.61. The Morgan fingerprint density at radius 2 is 2.33 bits per heavy atom. The number of hydrogen-bond donors (Lipinski definition) is 1. The number of halogens is 1. The standard InChI is InChI=1S/C5H8FNO2/c1-9-4(8)5(6)2-7-3-5/h7H,2-3H2,1H3. The largest absolute Gasteiger partial charge is 0.467 e. The fourth-order valence-electron chi connectivity index (χ4n) is 0.672. The Morgan fingerprint density at radius 1 is 1.78 bits per heavy atom. The second-order valence-corrected chi connectivity index (χ2v) is 2.06. The second-order valence-electron chi connectivity index (χ2n) is 2.06. The molecule has 1 aliphatic rings. The minimum atomic E-state index is -1.74. The molecule has 1 fully saturated rings. The van der Waals surface area contributed by atoms with E-state index in [9.17, 15) is 9.18 Å². The first-order valence-electron chi connectivity index (χ1n) is 2.67. The van der Waals surface area contributed by atoms with Gasteiger partial charge in [-0.1, -0.05) is 0 Å². The van der Waals surface area contributed by atoms with Gasteiger partial charge in [-0.2, -0.15) is 0 Å². The highest BCUT2D eigenvalue weighted by Crippen LogP contribution is 2.17. The van der Waals surface area contributed by atoms with Crippen molar-refractivity contribution in [2.45, 2.75) is 5.67 Å². The number of hydrogen-bond acceptors (Lipinski definition) is 3. The summed E-state index contributed by atoms with van der Waals surface area (Å²) in [5.74, 6) is -0.777. The smallest absolute Gasteiger partial charge is 0.346 e. The third-order valence-corrected chi connectivity index (χ3v) is 1.36. The Labute approximate surface area is 52.2 Å². The van der Waals surface area contributed by atoms with E-state index in [-0.39, 0.29) is 13.1 Å². The summed E-state index contributed by atoms with van der Waals surface area (Å²) >= 11 is 0. The maximum atomic E-state index is 12.8. The number of carbonyl (C=O) groups excluding carboxylic acids is 1. The number of methoxy groups -OCH3 is 1. The van der Waals surface area contributed by atoms with Gasteiger partial charge in [-0.05, 0) is 0 Å². The molecule has 0 aromatic heterocycles. The molecule has 0 aromatic carbocycles. The Hall–Kier alpha value is -0.640. The van der Waals surface area contributed by atoms with Crippen LogP contribution in [0.15, 0.2) is 0 Å². The van der Waals surface area contributed by atoms with Gasteiger partial charge >= 0.3 is 5.97 Å². The molecular formula is C5H8FNO2. The van der Waals surface area contributed by atoms with E-state index in [0.717, 1.165) is 0 Å². The quantitative estimate of drug-likeness (QED) is 0.489. The van der Waals surface area contributed by atoms with E-state index in [2.05, 4.69) is 10.1 Å². The number of alkyl halides is 1. The van der Waals surface area contributed by atoms with Crippen LogP contribution >= 0.6 is 0 Å². The lowest BCUT2D eigenvalue weighted by atomic mass is 10.0. The van der Waals surface area contributed by atoms with Crippen molar-refractivity contribution in [2.24, 2.45) is 0 Å². The van der Waals surface area contributed by atoms with Crippen molar-refractivity contribution in [1.29, 1.82) is 0 Å². The molecule has 1 rings (SSSR count). The van der Waals surface area contributed by atoms with Gasteiger partial charge in [0.25, 0.3) is 0 Å². The third kappa shape index (κ3) is 0.896. The number of ether oxygens (including phenoxy) is 1. The Morgan fingerprint density at radius 3 is 2.44 bits per heavy atom. The molecule has 0 atom stereocenters. The lowest BCUT2D eigenvalue weighted by molar-refractivity contribution is -0.158.